The number of amides is 1. The lowest BCUT2D eigenvalue weighted by atomic mass is 9.99. The molecule has 1 amide bonds. The Labute approximate surface area is 192 Å². The van der Waals surface area contributed by atoms with Crippen molar-refractivity contribution >= 4 is 27.3 Å². The summed E-state index contributed by atoms with van der Waals surface area (Å²) in [5, 5.41) is 2.88. The van der Waals surface area contributed by atoms with Crippen LogP contribution in [-0.2, 0) is 14.8 Å². The summed E-state index contributed by atoms with van der Waals surface area (Å²) >= 11 is 0. The van der Waals surface area contributed by atoms with Gasteiger partial charge in [0, 0.05) is 24.5 Å². The molecule has 1 aliphatic heterocycles. The molecule has 1 fully saturated rings. The number of aryl methyl sites for hydroxylation is 1. The van der Waals surface area contributed by atoms with Gasteiger partial charge in [-0.05, 0) is 74.4 Å². The van der Waals surface area contributed by atoms with Crippen LogP contribution in [0.1, 0.15) is 45.6 Å². The molecule has 0 aromatic heterocycles. The Morgan fingerprint density at radius 2 is 1.62 bits per heavy atom. The number of nitrogens with zero attached hydrogens (tertiary/aromatic N) is 1. The molecule has 7 heteroatoms. The molecule has 0 saturated carbocycles. The van der Waals surface area contributed by atoms with Gasteiger partial charge in [-0.15, -0.1) is 0 Å². The van der Waals surface area contributed by atoms with E-state index in [9.17, 15) is 13.2 Å². The zero-order chi connectivity index (χ0) is 23.3. The molecule has 6 nitrogen and oxygen atoms in total. The van der Waals surface area contributed by atoms with Gasteiger partial charge in [0.05, 0.1) is 4.90 Å². The molecule has 32 heavy (non-hydrogen) atoms. The molecule has 0 unspecified atom stereocenters. The smallest absolute Gasteiger partial charge is 0.242 e. The van der Waals surface area contributed by atoms with E-state index in [-0.39, 0.29) is 16.7 Å². The molecule has 0 bridgehead atoms. The second-order valence-electron chi connectivity index (χ2n) is 9.32. The topological polar surface area (TPSA) is 78.5 Å². The quantitative estimate of drug-likeness (QED) is 0.609. The van der Waals surface area contributed by atoms with Crippen LogP contribution in [0.5, 0.6) is 0 Å². The van der Waals surface area contributed by atoms with E-state index in [0.717, 1.165) is 30.3 Å². The van der Waals surface area contributed by atoms with Crippen LogP contribution in [0.25, 0.3) is 0 Å². The molecule has 2 aromatic rings. The van der Waals surface area contributed by atoms with Crippen molar-refractivity contribution in [2.45, 2.75) is 57.9 Å². The predicted molar refractivity (Wildman–Crippen MR) is 130 cm³/mol. The van der Waals surface area contributed by atoms with Gasteiger partial charge in [0.1, 0.15) is 6.04 Å². The van der Waals surface area contributed by atoms with Crippen LogP contribution >= 0.6 is 0 Å². The highest BCUT2D eigenvalue weighted by atomic mass is 32.2. The number of carbonyl (C=O) groups is 1. The number of rotatable bonds is 8. The lowest BCUT2D eigenvalue weighted by Gasteiger charge is -2.32. The molecule has 1 atom stereocenters. The average Bonchev–Trinajstić information content (AvgIpc) is 2.74. The van der Waals surface area contributed by atoms with E-state index in [1.165, 1.54) is 12.8 Å². The minimum absolute atomic E-state index is 0.148. The summed E-state index contributed by atoms with van der Waals surface area (Å²) in [4.78, 5) is 15.5. The van der Waals surface area contributed by atoms with Gasteiger partial charge in [0.15, 0.2) is 0 Å². The zero-order valence-electron chi connectivity index (χ0n) is 19.5. The molecule has 3 rings (SSSR count). The third-order valence-corrected chi connectivity index (χ3v) is 7.42. The van der Waals surface area contributed by atoms with E-state index in [1.54, 1.807) is 24.3 Å². The Bertz CT molecular complexity index is 994. The molecule has 1 saturated heterocycles. The maximum absolute atomic E-state index is 13.0. The average molecular weight is 458 g/mol. The van der Waals surface area contributed by atoms with Crippen LogP contribution < -0.4 is 14.9 Å². The van der Waals surface area contributed by atoms with Gasteiger partial charge in [-0.2, -0.15) is 4.72 Å². The summed E-state index contributed by atoms with van der Waals surface area (Å²) in [6, 6.07) is 13.5. The van der Waals surface area contributed by atoms with Crippen molar-refractivity contribution in [2.24, 2.45) is 11.8 Å². The van der Waals surface area contributed by atoms with Crippen molar-refractivity contribution in [1.82, 2.24) is 4.72 Å². The minimum Gasteiger partial charge on any atom is -0.372 e. The van der Waals surface area contributed by atoms with E-state index in [0.29, 0.717) is 12.1 Å². The fourth-order valence-corrected chi connectivity index (χ4v) is 5.11. The number of piperidine rings is 1. The predicted octanol–water partition coefficient (Wildman–Crippen LogP) is 4.56. The highest BCUT2D eigenvalue weighted by Gasteiger charge is 2.26. The van der Waals surface area contributed by atoms with Gasteiger partial charge in [0.2, 0.25) is 15.9 Å². The first-order valence-corrected chi connectivity index (χ1v) is 12.9. The lowest BCUT2D eigenvalue weighted by molar-refractivity contribution is -0.118. The van der Waals surface area contributed by atoms with E-state index in [2.05, 4.69) is 21.9 Å². The highest BCUT2D eigenvalue weighted by Crippen LogP contribution is 2.24. The Morgan fingerprint density at radius 3 is 2.19 bits per heavy atom. The van der Waals surface area contributed by atoms with Crippen LogP contribution in [0.3, 0.4) is 0 Å². The van der Waals surface area contributed by atoms with Gasteiger partial charge in [-0.1, -0.05) is 38.5 Å². The van der Waals surface area contributed by atoms with Gasteiger partial charge in [-0.3, -0.25) is 4.79 Å². The molecule has 0 aliphatic carbocycles. The minimum atomic E-state index is -3.80. The van der Waals surface area contributed by atoms with Crippen molar-refractivity contribution in [3.63, 3.8) is 0 Å². The van der Waals surface area contributed by atoms with Crippen LogP contribution in [0.2, 0.25) is 0 Å². The molecule has 0 spiro atoms. The Kier molecular flexibility index (Phi) is 7.96. The fraction of sp³-hybridized carbons (Fsp3) is 0.480. The Balaban J connectivity index is 1.68. The van der Waals surface area contributed by atoms with Crippen molar-refractivity contribution in [3.05, 3.63) is 54.1 Å². The third-order valence-electron chi connectivity index (χ3n) is 5.94. The first-order chi connectivity index (χ1) is 15.1. The van der Waals surface area contributed by atoms with Gasteiger partial charge < -0.3 is 10.2 Å². The van der Waals surface area contributed by atoms with Crippen LogP contribution in [0.4, 0.5) is 11.4 Å². The lowest BCUT2D eigenvalue weighted by Crippen LogP contribution is -2.44. The van der Waals surface area contributed by atoms with Crippen molar-refractivity contribution in [1.29, 1.82) is 0 Å². The maximum atomic E-state index is 13.0. The fourth-order valence-electron chi connectivity index (χ4n) is 3.90. The maximum Gasteiger partial charge on any atom is 0.242 e. The second-order valence-corrected chi connectivity index (χ2v) is 11.0. The zero-order valence-corrected chi connectivity index (χ0v) is 20.3. The van der Waals surface area contributed by atoms with Crippen LogP contribution in [0, 0.1) is 18.8 Å². The van der Waals surface area contributed by atoms with E-state index < -0.39 is 16.1 Å². The number of nitrogens with one attached hydrogen (secondary N) is 2. The van der Waals surface area contributed by atoms with E-state index >= 15 is 0 Å². The molecule has 0 radical (unpaired) electrons. The van der Waals surface area contributed by atoms with E-state index in [1.807, 2.05) is 45.0 Å². The normalized spacial score (nSPS) is 16.2. The first kappa shape index (κ1) is 24.3. The van der Waals surface area contributed by atoms with E-state index in [4.69, 9.17) is 0 Å². The molecule has 1 aliphatic rings. The largest absolute Gasteiger partial charge is 0.372 e. The van der Waals surface area contributed by atoms with Gasteiger partial charge in [0.25, 0.3) is 0 Å². The van der Waals surface area contributed by atoms with Crippen LogP contribution in [-0.4, -0.2) is 33.5 Å². The summed E-state index contributed by atoms with van der Waals surface area (Å²) in [6.07, 6.45) is 2.79. The number of anilines is 2. The van der Waals surface area contributed by atoms with Crippen molar-refractivity contribution in [3.8, 4) is 0 Å². The monoisotopic (exact) mass is 457 g/mol. The first-order valence-electron chi connectivity index (χ1n) is 11.4. The number of hydrogen-bond donors (Lipinski definition) is 2. The van der Waals surface area contributed by atoms with Crippen molar-refractivity contribution < 1.29 is 13.2 Å². The Hall–Kier alpha value is -2.38. The third kappa shape index (κ3) is 6.56. The number of sulfonamides is 1. The number of benzene rings is 2. The van der Waals surface area contributed by atoms with Crippen LogP contribution in [0.15, 0.2) is 53.4 Å². The van der Waals surface area contributed by atoms with Gasteiger partial charge in [-0.25, -0.2) is 8.42 Å². The summed E-state index contributed by atoms with van der Waals surface area (Å²) in [7, 11) is -3.80. The summed E-state index contributed by atoms with van der Waals surface area (Å²) < 4.78 is 28.3. The number of carbonyl (C=O) groups excluding carboxylic acids is 1. The molecular weight excluding hydrogens is 422 g/mol. The second kappa shape index (κ2) is 10.5. The number of hydrogen-bond acceptors (Lipinski definition) is 4. The summed E-state index contributed by atoms with van der Waals surface area (Å²) in [6.45, 7) is 10.2. The molecular formula is C25H35N3O3S. The highest BCUT2D eigenvalue weighted by molar-refractivity contribution is 7.89. The van der Waals surface area contributed by atoms with Crippen molar-refractivity contribution in [2.75, 3.05) is 23.3 Å². The molecule has 2 aromatic carbocycles. The summed E-state index contributed by atoms with van der Waals surface area (Å²) in [5.74, 6) is 0.565. The Morgan fingerprint density at radius 1 is 1.03 bits per heavy atom. The summed E-state index contributed by atoms with van der Waals surface area (Å²) in [5.41, 5.74) is 2.78. The molecule has 1 heterocycles. The standard InChI is InChI=1S/C25H35N3O3S/c1-18(2)17-24(27-32(30,31)23-11-5-19(3)6-12-23)25(29)26-21-7-9-22(10-8-21)28-15-13-20(4)14-16-28/h5-12,18,20,24,27H,13-17H2,1-4H3,(H,26,29)/t24-/m0/s1. The van der Waals surface area contributed by atoms with Gasteiger partial charge >= 0.3 is 0 Å². The molecule has 2 N–H and O–H groups in total. The SMILES string of the molecule is Cc1ccc(S(=O)(=O)N[C@@H](CC(C)C)C(=O)Nc2ccc(N3CCC(C)CC3)cc2)cc1. The molecule has 174 valence electrons.